The molecule has 2 aromatic heterocycles. The molecule has 6 nitrogen and oxygen atoms in total. The number of hydrogen-bond donors (Lipinski definition) is 2. The first-order valence-corrected chi connectivity index (χ1v) is 11.2. The van der Waals surface area contributed by atoms with Crippen molar-refractivity contribution in [2.45, 2.75) is 32.2 Å². The van der Waals surface area contributed by atoms with Gasteiger partial charge >= 0.3 is 0 Å². The number of hydrogen-bond acceptors (Lipinski definition) is 6. The summed E-state index contributed by atoms with van der Waals surface area (Å²) in [7, 11) is 0. The molecule has 0 unspecified atom stereocenters. The number of allylic oxidation sites excluding steroid dienone is 2. The van der Waals surface area contributed by atoms with Gasteiger partial charge in [0.05, 0.1) is 5.52 Å². The van der Waals surface area contributed by atoms with Crippen molar-refractivity contribution in [2.75, 3.05) is 5.32 Å². The number of rotatable bonds is 6. The van der Waals surface area contributed by atoms with Crippen LogP contribution >= 0.6 is 0 Å². The molecule has 0 fully saturated rings. The third kappa shape index (κ3) is 4.90. The zero-order valence-corrected chi connectivity index (χ0v) is 18.5. The number of benzene rings is 2. The van der Waals surface area contributed by atoms with Gasteiger partial charge in [-0.15, -0.1) is 0 Å². The highest BCUT2D eigenvalue weighted by molar-refractivity contribution is 5.91. The lowest BCUT2D eigenvalue weighted by Gasteiger charge is -2.20. The van der Waals surface area contributed by atoms with E-state index in [-0.39, 0.29) is 11.8 Å². The number of anilines is 2. The van der Waals surface area contributed by atoms with Crippen molar-refractivity contribution in [3.05, 3.63) is 90.5 Å². The Balaban J connectivity index is 1.27. The van der Waals surface area contributed by atoms with E-state index in [1.54, 1.807) is 18.5 Å². The van der Waals surface area contributed by atoms with Gasteiger partial charge in [0, 0.05) is 53.9 Å². The monoisotopic (exact) mass is 435 g/mol. The molecule has 2 aromatic carbocycles. The number of fused-ring (bicyclic) bond motifs is 1. The van der Waals surface area contributed by atoms with Crippen LogP contribution in [0.4, 0.5) is 11.6 Å². The second-order valence-corrected chi connectivity index (χ2v) is 8.31. The molecule has 0 spiro atoms. The number of carbonyl (C=O) groups excluding carboxylic acids is 1. The summed E-state index contributed by atoms with van der Waals surface area (Å²) < 4.78 is 0. The molecule has 0 aliphatic heterocycles. The standard InChI is InChI=1S/C27H25N5O/c1-18(30-24-3-2-4-25(33)16-24)19-5-8-23(9-6-19)31-27-29-17-22-15-21(7-10-26(22)32-27)20-11-13-28-14-12-20/h5-18,30H,2-4H2,1H3,(H,29,31,32)/t18-/m1/s1. The van der Waals surface area contributed by atoms with E-state index in [9.17, 15) is 4.79 Å². The first-order chi connectivity index (χ1) is 16.1. The molecule has 33 heavy (non-hydrogen) atoms. The van der Waals surface area contributed by atoms with Crippen LogP contribution in [-0.2, 0) is 4.79 Å². The third-order valence-corrected chi connectivity index (χ3v) is 5.87. The fourth-order valence-corrected chi connectivity index (χ4v) is 4.07. The summed E-state index contributed by atoms with van der Waals surface area (Å²) in [4.78, 5) is 24.9. The lowest BCUT2D eigenvalue weighted by Crippen LogP contribution is -2.21. The third-order valence-electron chi connectivity index (χ3n) is 5.87. The van der Waals surface area contributed by atoms with E-state index in [1.807, 2.05) is 36.5 Å². The van der Waals surface area contributed by atoms with Crippen LogP contribution in [0.2, 0.25) is 0 Å². The van der Waals surface area contributed by atoms with E-state index in [0.29, 0.717) is 12.4 Å². The lowest BCUT2D eigenvalue weighted by atomic mass is 10.0. The van der Waals surface area contributed by atoms with Crippen LogP contribution in [0.3, 0.4) is 0 Å². The summed E-state index contributed by atoms with van der Waals surface area (Å²) in [5, 5.41) is 7.74. The largest absolute Gasteiger partial charge is 0.382 e. The number of ketones is 1. The van der Waals surface area contributed by atoms with Gasteiger partial charge in [0.25, 0.3) is 0 Å². The summed E-state index contributed by atoms with van der Waals surface area (Å²) in [6.07, 6.45) is 9.67. The molecular formula is C27H25N5O. The number of nitrogens with zero attached hydrogens (tertiary/aromatic N) is 3. The van der Waals surface area contributed by atoms with Crippen molar-refractivity contribution in [2.24, 2.45) is 0 Å². The van der Waals surface area contributed by atoms with Gasteiger partial charge in [-0.3, -0.25) is 9.78 Å². The second kappa shape index (κ2) is 9.20. The highest BCUT2D eigenvalue weighted by atomic mass is 16.1. The van der Waals surface area contributed by atoms with E-state index >= 15 is 0 Å². The van der Waals surface area contributed by atoms with Crippen LogP contribution in [0.25, 0.3) is 22.0 Å². The Bertz CT molecular complexity index is 1320. The van der Waals surface area contributed by atoms with Crippen molar-refractivity contribution in [1.82, 2.24) is 20.3 Å². The van der Waals surface area contributed by atoms with Crippen molar-refractivity contribution in [3.8, 4) is 11.1 Å². The fourth-order valence-electron chi connectivity index (χ4n) is 4.07. The van der Waals surface area contributed by atoms with Gasteiger partial charge in [0.2, 0.25) is 5.95 Å². The van der Waals surface area contributed by atoms with Crippen molar-refractivity contribution >= 4 is 28.3 Å². The molecule has 0 amide bonds. The Kier molecular flexibility index (Phi) is 5.81. The number of pyridine rings is 1. The predicted molar refractivity (Wildman–Crippen MR) is 131 cm³/mol. The van der Waals surface area contributed by atoms with Crippen LogP contribution in [0.1, 0.15) is 37.8 Å². The first-order valence-electron chi connectivity index (χ1n) is 11.2. The molecule has 2 heterocycles. The van der Waals surface area contributed by atoms with Gasteiger partial charge in [-0.2, -0.15) is 0 Å². The number of aromatic nitrogens is 3. The van der Waals surface area contributed by atoms with E-state index < -0.39 is 0 Å². The summed E-state index contributed by atoms with van der Waals surface area (Å²) in [6, 6.07) is 18.5. The molecule has 0 radical (unpaired) electrons. The molecule has 2 N–H and O–H groups in total. The van der Waals surface area contributed by atoms with Crippen LogP contribution in [0, 0.1) is 0 Å². The molecule has 164 valence electrons. The highest BCUT2D eigenvalue weighted by Crippen LogP contribution is 2.25. The maximum atomic E-state index is 11.6. The zero-order valence-electron chi connectivity index (χ0n) is 18.5. The number of carbonyl (C=O) groups is 1. The molecule has 0 saturated heterocycles. The van der Waals surface area contributed by atoms with Crippen LogP contribution < -0.4 is 10.6 Å². The van der Waals surface area contributed by atoms with E-state index in [2.05, 4.69) is 56.8 Å². The van der Waals surface area contributed by atoms with E-state index in [0.717, 1.165) is 51.8 Å². The summed E-state index contributed by atoms with van der Waals surface area (Å²) in [5.41, 5.74) is 6.21. The molecule has 1 aliphatic rings. The van der Waals surface area contributed by atoms with Gasteiger partial charge in [-0.1, -0.05) is 18.2 Å². The van der Waals surface area contributed by atoms with Gasteiger partial charge < -0.3 is 10.6 Å². The second-order valence-electron chi connectivity index (χ2n) is 8.31. The molecule has 0 bridgehead atoms. The summed E-state index contributed by atoms with van der Waals surface area (Å²) >= 11 is 0. The Morgan fingerprint density at radius 2 is 1.76 bits per heavy atom. The fraction of sp³-hybridized carbons (Fsp3) is 0.185. The minimum absolute atomic E-state index is 0.128. The Morgan fingerprint density at radius 3 is 2.55 bits per heavy atom. The Hall–Kier alpha value is -4.06. The molecule has 6 heteroatoms. The van der Waals surface area contributed by atoms with Gasteiger partial charge in [0.15, 0.2) is 5.78 Å². The number of nitrogens with one attached hydrogen (secondary N) is 2. The average molecular weight is 436 g/mol. The first kappa shape index (κ1) is 20.8. The minimum atomic E-state index is 0.128. The van der Waals surface area contributed by atoms with Crippen LogP contribution in [0.5, 0.6) is 0 Å². The molecule has 1 atom stereocenters. The molecule has 1 aliphatic carbocycles. The van der Waals surface area contributed by atoms with E-state index in [4.69, 9.17) is 0 Å². The van der Waals surface area contributed by atoms with Crippen molar-refractivity contribution in [3.63, 3.8) is 0 Å². The van der Waals surface area contributed by atoms with Crippen LogP contribution in [0.15, 0.2) is 85.0 Å². The Morgan fingerprint density at radius 1 is 0.939 bits per heavy atom. The zero-order chi connectivity index (χ0) is 22.6. The highest BCUT2D eigenvalue weighted by Gasteiger charge is 2.13. The SMILES string of the molecule is C[C@@H](NC1=CC(=O)CCC1)c1ccc(Nc2ncc3cc(-c4ccncc4)ccc3n2)cc1. The molecule has 0 saturated carbocycles. The maximum absolute atomic E-state index is 11.6. The topological polar surface area (TPSA) is 79.8 Å². The van der Waals surface area contributed by atoms with E-state index in [1.165, 1.54) is 0 Å². The maximum Gasteiger partial charge on any atom is 0.227 e. The summed E-state index contributed by atoms with van der Waals surface area (Å²) in [5.74, 6) is 0.767. The van der Waals surface area contributed by atoms with Crippen molar-refractivity contribution < 1.29 is 4.79 Å². The average Bonchev–Trinajstić information content (AvgIpc) is 2.85. The predicted octanol–water partition coefficient (Wildman–Crippen LogP) is 5.72. The molecular weight excluding hydrogens is 410 g/mol. The van der Waals surface area contributed by atoms with Gasteiger partial charge in [-0.25, -0.2) is 9.97 Å². The Labute approximate surface area is 192 Å². The molecule has 5 rings (SSSR count). The van der Waals surface area contributed by atoms with Gasteiger partial charge in [0.1, 0.15) is 0 Å². The minimum Gasteiger partial charge on any atom is -0.382 e. The quantitative estimate of drug-likeness (QED) is 0.403. The van der Waals surface area contributed by atoms with Crippen LogP contribution in [-0.4, -0.2) is 20.7 Å². The lowest BCUT2D eigenvalue weighted by molar-refractivity contribution is -0.115. The summed E-state index contributed by atoms with van der Waals surface area (Å²) in [6.45, 7) is 2.11. The van der Waals surface area contributed by atoms with Gasteiger partial charge in [-0.05, 0) is 72.9 Å². The van der Waals surface area contributed by atoms with Crippen molar-refractivity contribution in [1.29, 1.82) is 0 Å². The smallest absolute Gasteiger partial charge is 0.227 e. The molecule has 4 aromatic rings. The normalized spacial score (nSPS) is 14.6.